The molecule has 1 amide bonds. The topological polar surface area (TPSA) is 45.2 Å². The fourth-order valence-corrected chi connectivity index (χ4v) is 2.42. The quantitative estimate of drug-likeness (QED) is 0.795. The van der Waals surface area contributed by atoms with Crippen LogP contribution in [0.3, 0.4) is 0 Å². The normalized spacial score (nSPS) is 10.4. The predicted molar refractivity (Wildman–Crippen MR) is 95.9 cm³/mol. The molecule has 6 heteroatoms. The molecule has 0 aliphatic rings. The van der Waals surface area contributed by atoms with Gasteiger partial charge in [-0.3, -0.25) is 9.78 Å². The summed E-state index contributed by atoms with van der Waals surface area (Å²) in [5, 5.41) is 4.08. The second-order valence-corrected chi connectivity index (χ2v) is 6.02. The number of carbonyl (C=O) groups excluding carboxylic acids is 1. The van der Waals surface area contributed by atoms with Gasteiger partial charge in [-0.1, -0.05) is 42.6 Å². The second kappa shape index (κ2) is 8.18. The maximum Gasteiger partial charge on any atom is 0.272 e. The number of hydrogen-bond acceptors (Lipinski definition) is 3. The molecule has 0 aliphatic carbocycles. The summed E-state index contributed by atoms with van der Waals surface area (Å²) in [6, 6.07) is 8.84. The highest BCUT2D eigenvalue weighted by molar-refractivity contribution is 6.43. The van der Waals surface area contributed by atoms with Crippen molar-refractivity contribution in [3.8, 4) is 0 Å². The van der Waals surface area contributed by atoms with E-state index < -0.39 is 0 Å². The lowest BCUT2D eigenvalue weighted by atomic mass is 10.2. The zero-order chi connectivity index (χ0) is 16.8. The van der Waals surface area contributed by atoms with Crippen molar-refractivity contribution in [1.29, 1.82) is 0 Å². The number of halogens is 2. The van der Waals surface area contributed by atoms with E-state index in [1.54, 1.807) is 36.3 Å². The Balaban J connectivity index is 2.16. The molecule has 1 aromatic carbocycles. The van der Waals surface area contributed by atoms with Gasteiger partial charge in [0.25, 0.3) is 5.91 Å². The number of aromatic nitrogens is 1. The van der Waals surface area contributed by atoms with Crippen molar-refractivity contribution in [1.82, 2.24) is 9.88 Å². The maximum absolute atomic E-state index is 12.4. The lowest BCUT2D eigenvalue weighted by Gasteiger charge is -2.16. The zero-order valence-corrected chi connectivity index (χ0v) is 14.7. The third kappa shape index (κ3) is 4.60. The zero-order valence-electron chi connectivity index (χ0n) is 13.1. The number of carbonyl (C=O) groups is 1. The first kappa shape index (κ1) is 17.6. The Bertz CT molecular complexity index is 691. The first-order valence-electron chi connectivity index (χ1n) is 7.45. The van der Waals surface area contributed by atoms with Crippen molar-refractivity contribution in [2.75, 3.05) is 18.9 Å². The predicted octanol–water partition coefficient (Wildman–Crippen LogP) is 5.00. The average Bonchev–Trinajstić information content (AvgIpc) is 2.56. The van der Waals surface area contributed by atoms with E-state index in [0.717, 1.165) is 25.1 Å². The van der Waals surface area contributed by atoms with E-state index >= 15 is 0 Å². The Hall–Kier alpha value is -1.78. The Morgan fingerprint density at radius 3 is 2.83 bits per heavy atom. The Morgan fingerprint density at radius 1 is 1.30 bits per heavy atom. The third-order valence-electron chi connectivity index (χ3n) is 3.40. The second-order valence-electron chi connectivity index (χ2n) is 5.24. The van der Waals surface area contributed by atoms with Crippen molar-refractivity contribution < 1.29 is 4.79 Å². The number of benzene rings is 1. The van der Waals surface area contributed by atoms with Crippen molar-refractivity contribution in [3.63, 3.8) is 0 Å². The van der Waals surface area contributed by atoms with Crippen LogP contribution in [0.5, 0.6) is 0 Å². The van der Waals surface area contributed by atoms with Gasteiger partial charge in [0, 0.05) is 25.5 Å². The van der Waals surface area contributed by atoms with Crippen LogP contribution in [0.4, 0.5) is 11.4 Å². The molecule has 1 N–H and O–H groups in total. The first-order chi connectivity index (χ1) is 11.0. The molecular formula is C17H19Cl2N3O. The molecule has 122 valence electrons. The summed E-state index contributed by atoms with van der Waals surface area (Å²) in [5.41, 5.74) is 1.81. The van der Waals surface area contributed by atoms with Gasteiger partial charge in [-0.25, -0.2) is 0 Å². The molecular weight excluding hydrogens is 333 g/mol. The van der Waals surface area contributed by atoms with Gasteiger partial charge in [-0.15, -0.1) is 0 Å². The molecule has 0 fully saturated rings. The highest BCUT2D eigenvalue weighted by Gasteiger charge is 2.13. The number of nitrogens with one attached hydrogen (secondary N) is 1. The molecule has 1 heterocycles. The van der Waals surface area contributed by atoms with E-state index in [2.05, 4.69) is 17.2 Å². The Morgan fingerprint density at radius 2 is 2.09 bits per heavy atom. The summed E-state index contributed by atoms with van der Waals surface area (Å²) in [6.07, 6.45) is 3.61. The van der Waals surface area contributed by atoms with Gasteiger partial charge in [0.2, 0.25) is 0 Å². The highest BCUT2D eigenvalue weighted by Crippen LogP contribution is 2.31. The molecule has 0 spiro atoms. The van der Waals surface area contributed by atoms with Gasteiger partial charge in [0.05, 0.1) is 15.7 Å². The summed E-state index contributed by atoms with van der Waals surface area (Å²) >= 11 is 12.2. The summed E-state index contributed by atoms with van der Waals surface area (Å²) in [5.74, 6) is -0.0979. The number of nitrogens with zero attached hydrogens (tertiary/aromatic N) is 2. The van der Waals surface area contributed by atoms with Crippen LogP contribution in [0.2, 0.25) is 10.0 Å². The van der Waals surface area contributed by atoms with Crippen molar-refractivity contribution in [3.05, 3.63) is 52.3 Å². The van der Waals surface area contributed by atoms with E-state index in [0.29, 0.717) is 21.4 Å². The lowest BCUT2D eigenvalue weighted by Crippen LogP contribution is -2.28. The largest absolute Gasteiger partial charge is 0.354 e. The van der Waals surface area contributed by atoms with Gasteiger partial charge in [-0.2, -0.15) is 0 Å². The molecule has 0 unspecified atom stereocenters. The summed E-state index contributed by atoms with van der Waals surface area (Å²) < 4.78 is 0. The van der Waals surface area contributed by atoms with Crippen LogP contribution < -0.4 is 5.32 Å². The summed E-state index contributed by atoms with van der Waals surface area (Å²) in [7, 11) is 1.79. The molecule has 0 radical (unpaired) electrons. The van der Waals surface area contributed by atoms with E-state index in [-0.39, 0.29) is 5.91 Å². The van der Waals surface area contributed by atoms with Crippen LogP contribution in [0.15, 0.2) is 36.5 Å². The Labute approximate surface area is 146 Å². The SMILES string of the molecule is CCCCN(C)C(=O)c1cc(Nc2cccc(Cl)c2Cl)ccn1. The molecule has 0 saturated carbocycles. The van der Waals surface area contributed by atoms with Crippen molar-refractivity contribution in [2.24, 2.45) is 0 Å². The number of anilines is 2. The minimum Gasteiger partial charge on any atom is -0.354 e. The average molecular weight is 352 g/mol. The number of pyridine rings is 1. The number of hydrogen-bond donors (Lipinski definition) is 1. The van der Waals surface area contributed by atoms with Gasteiger partial charge >= 0.3 is 0 Å². The molecule has 0 saturated heterocycles. The standard InChI is InChI=1S/C17H19Cl2N3O/c1-3-4-10-22(2)17(23)15-11-12(8-9-20-15)21-14-7-5-6-13(18)16(14)19/h5-9,11H,3-4,10H2,1-2H3,(H,20,21). The monoisotopic (exact) mass is 351 g/mol. The van der Waals surface area contributed by atoms with Gasteiger partial charge < -0.3 is 10.2 Å². The summed E-state index contributed by atoms with van der Waals surface area (Å²) in [4.78, 5) is 18.2. The molecule has 0 bridgehead atoms. The van der Waals surface area contributed by atoms with Gasteiger partial charge in [-0.05, 0) is 30.7 Å². The molecule has 23 heavy (non-hydrogen) atoms. The van der Waals surface area contributed by atoms with Crippen LogP contribution in [0, 0.1) is 0 Å². The van der Waals surface area contributed by atoms with Crippen LogP contribution >= 0.6 is 23.2 Å². The fraction of sp³-hybridized carbons (Fsp3) is 0.294. The van der Waals surface area contributed by atoms with Crippen LogP contribution in [-0.4, -0.2) is 29.4 Å². The van der Waals surface area contributed by atoms with Crippen LogP contribution in [-0.2, 0) is 0 Å². The minimum absolute atomic E-state index is 0.0979. The summed E-state index contributed by atoms with van der Waals surface area (Å²) in [6.45, 7) is 2.81. The van der Waals surface area contributed by atoms with E-state index in [9.17, 15) is 4.79 Å². The van der Waals surface area contributed by atoms with Gasteiger partial charge in [0.1, 0.15) is 5.69 Å². The van der Waals surface area contributed by atoms with Crippen molar-refractivity contribution >= 4 is 40.5 Å². The van der Waals surface area contributed by atoms with Crippen molar-refractivity contribution in [2.45, 2.75) is 19.8 Å². The molecule has 2 rings (SSSR count). The molecule has 2 aromatic rings. The first-order valence-corrected chi connectivity index (χ1v) is 8.21. The highest BCUT2D eigenvalue weighted by atomic mass is 35.5. The number of amides is 1. The number of unbranched alkanes of at least 4 members (excludes halogenated alkanes) is 1. The molecule has 0 atom stereocenters. The minimum atomic E-state index is -0.0979. The third-order valence-corrected chi connectivity index (χ3v) is 4.22. The van der Waals surface area contributed by atoms with Crippen LogP contribution in [0.25, 0.3) is 0 Å². The van der Waals surface area contributed by atoms with E-state index in [1.165, 1.54) is 0 Å². The number of rotatable bonds is 6. The molecule has 0 aliphatic heterocycles. The Kier molecular flexibility index (Phi) is 6.25. The lowest BCUT2D eigenvalue weighted by molar-refractivity contribution is 0.0787. The van der Waals surface area contributed by atoms with Gasteiger partial charge in [0.15, 0.2) is 0 Å². The van der Waals surface area contributed by atoms with E-state index in [1.807, 2.05) is 12.1 Å². The van der Waals surface area contributed by atoms with E-state index in [4.69, 9.17) is 23.2 Å². The molecule has 4 nitrogen and oxygen atoms in total. The fourth-order valence-electron chi connectivity index (χ4n) is 2.07. The van der Waals surface area contributed by atoms with Crippen LogP contribution in [0.1, 0.15) is 30.3 Å². The molecule has 1 aromatic heterocycles. The maximum atomic E-state index is 12.4. The smallest absolute Gasteiger partial charge is 0.272 e.